The summed E-state index contributed by atoms with van der Waals surface area (Å²) >= 11 is 6.09. The van der Waals surface area contributed by atoms with Gasteiger partial charge in [-0.15, -0.1) is 0 Å². The Morgan fingerprint density at radius 1 is 0.889 bits per heavy atom. The number of carbonyl (C=O) groups is 2. The molecule has 0 spiro atoms. The Labute approximate surface area is 212 Å². The van der Waals surface area contributed by atoms with Gasteiger partial charge in [0.05, 0.1) is 31.4 Å². The van der Waals surface area contributed by atoms with Crippen molar-refractivity contribution in [3.63, 3.8) is 0 Å². The molecule has 7 heteroatoms. The number of ketones is 1. The zero-order chi connectivity index (χ0) is 25.4. The van der Waals surface area contributed by atoms with Crippen molar-refractivity contribution in [2.75, 3.05) is 19.1 Å². The number of fused-ring (bicyclic) bond motifs is 1. The fraction of sp³-hybridized carbons (Fsp3) is 0.103. The van der Waals surface area contributed by atoms with Crippen molar-refractivity contribution < 1.29 is 24.2 Å². The van der Waals surface area contributed by atoms with Crippen LogP contribution >= 0.6 is 11.6 Å². The molecule has 4 aromatic carbocycles. The number of benzene rings is 4. The van der Waals surface area contributed by atoms with Crippen LogP contribution in [-0.2, 0) is 9.59 Å². The molecule has 4 aromatic rings. The van der Waals surface area contributed by atoms with Crippen LogP contribution in [0.5, 0.6) is 11.5 Å². The molecule has 0 aliphatic carbocycles. The lowest BCUT2D eigenvalue weighted by atomic mass is 9.91. The van der Waals surface area contributed by atoms with E-state index in [2.05, 4.69) is 0 Å². The highest BCUT2D eigenvalue weighted by molar-refractivity contribution is 6.52. The van der Waals surface area contributed by atoms with Gasteiger partial charge in [0.2, 0.25) is 0 Å². The minimum Gasteiger partial charge on any atom is -0.507 e. The second kappa shape index (κ2) is 9.40. The lowest BCUT2D eigenvalue weighted by Crippen LogP contribution is -2.29. The van der Waals surface area contributed by atoms with Crippen molar-refractivity contribution in [1.82, 2.24) is 0 Å². The first-order valence-electron chi connectivity index (χ1n) is 11.2. The van der Waals surface area contributed by atoms with E-state index in [9.17, 15) is 14.7 Å². The molecule has 1 aliphatic rings. The van der Waals surface area contributed by atoms with Crippen LogP contribution in [0.1, 0.15) is 17.2 Å². The van der Waals surface area contributed by atoms with E-state index in [1.807, 2.05) is 42.5 Å². The van der Waals surface area contributed by atoms with Crippen LogP contribution in [0.3, 0.4) is 0 Å². The first kappa shape index (κ1) is 23.5. The first-order valence-corrected chi connectivity index (χ1v) is 11.6. The van der Waals surface area contributed by atoms with Crippen LogP contribution < -0.4 is 14.4 Å². The minimum absolute atomic E-state index is 0.0437. The summed E-state index contributed by atoms with van der Waals surface area (Å²) in [4.78, 5) is 28.4. The number of halogens is 1. The summed E-state index contributed by atoms with van der Waals surface area (Å²) in [6.45, 7) is 0. The number of rotatable bonds is 5. The zero-order valence-electron chi connectivity index (χ0n) is 19.6. The lowest BCUT2D eigenvalue weighted by Gasteiger charge is -2.26. The van der Waals surface area contributed by atoms with E-state index in [0.29, 0.717) is 27.8 Å². The monoisotopic (exact) mass is 499 g/mol. The summed E-state index contributed by atoms with van der Waals surface area (Å²) in [7, 11) is 2.97. The quantitative estimate of drug-likeness (QED) is 0.203. The standard InChI is InChI=1S/C29H22ClNO5/c1-35-20-14-15-24(36-2)23(16-20)27(32)25-26(22-9-5-7-17-6-3-4-8-21(17)22)31(29(34)28(25)33)19-12-10-18(30)11-13-19/h3-16,26,32H,1-2H3/b27-25+. The van der Waals surface area contributed by atoms with Gasteiger partial charge in [0.1, 0.15) is 17.3 Å². The maximum Gasteiger partial charge on any atom is 0.300 e. The number of amides is 1. The molecule has 1 amide bonds. The fourth-order valence-corrected chi connectivity index (χ4v) is 4.75. The number of hydrogen-bond donors (Lipinski definition) is 1. The molecular formula is C29H22ClNO5. The Hall–Kier alpha value is -4.29. The molecule has 0 radical (unpaired) electrons. The van der Waals surface area contributed by atoms with Crippen LogP contribution in [0.4, 0.5) is 5.69 Å². The second-order valence-electron chi connectivity index (χ2n) is 8.28. The van der Waals surface area contributed by atoms with Crippen molar-refractivity contribution in [1.29, 1.82) is 0 Å². The van der Waals surface area contributed by atoms with Gasteiger partial charge in [0, 0.05) is 10.7 Å². The van der Waals surface area contributed by atoms with Crippen LogP contribution in [-0.4, -0.2) is 31.0 Å². The van der Waals surface area contributed by atoms with Crippen LogP contribution in [0, 0.1) is 0 Å². The normalized spacial score (nSPS) is 17.0. The van der Waals surface area contributed by atoms with Gasteiger partial charge in [-0.05, 0) is 58.8 Å². The number of anilines is 1. The third-order valence-corrected chi connectivity index (χ3v) is 6.58. The van der Waals surface area contributed by atoms with E-state index >= 15 is 0 Å². The van der Waals surface area contributed by atoms with Gasteiger partial charge in [-0.25, -0.2) is 0 Å². The molecule has 1 unspecified atom stereocenters. The van der Waals surface area contributed by atoms with Crippen LogP contribution in [0.2, 0.25) is 5.02 Å². The Bertz CT molecular complexity index is 1520. The Morgan fingerprint density at radius 2 is 1.61 bits per heavy atom. The number of hydrogen-bond acceptors (Lipinski definition) is 5. The highest BCUT2D eigenvalue weighted by atomic mass is 35.5. The zero-order valence-corrected chi connectivity index (χ0v) is 20.3. The van der Waals surface area contributed by atoms with E-state index in [-0.39, 0.29) is 16.9 Å². The number of aliphatic hydroxyl groups is 1. The van der Waals surface area contributed by atoms with Gasteiger partial charge in [0.25, 0.3) is 11.7 Å². The second-order valence-corrected chi connectivity index (χ2v) is 8.72. The van der Waals surface area contributed by atoms with E-state index < -0.39 is 17.7 Å². The number of nitrogens with zero attached hydrogens (tertiary/aromatic N) is 1. The van der Waals surface area contributed by atoms with Crippen molar-refractivity contribution in [2.45, 2.75) is 6.04 Å². The van der Waals surface area contributed by atoms with E-state index in [1.165, 1.54) is 19.1 Å². The maximum atomic E-state index is 13.5. The molecule has 5 rings (SSSR count). The smallest absolute Gasteiger partial charge is 0.300 e. The largest absolute Gasteiger partial charge is 0.507 e. The molecule has 1 aliphatic heterocycles. The summed E-state index contributed by atoms with van der Waals surface area (Å²) in [5.74, 6) is -1.10. The minimum atomic E-state index is -0.895. The predicted octanol–water partition coefficient (Wildman–Crippen LogP) is 6.14. The fourth-order valence-electron chi connectivity index (χ4n) is 4.63. The molecule has 36 heavy (non-hydrogen) atoms. The van der Waals surface area contributed by atoms with Crippen molar-refractivity contribution in [3.8, 4) is 11.5 Å². The Kier molecular flexibility index (Phi) is 6.12. The van der Waals surface area contributed by atoms with Gasteiger partial charge in [-0.1, -0.05) is 54.1 Å². The highest BCUT2D eigenvalue weighted by Gasteiger charge is 2.47. The lowest BCUT2D eigenvalue weighted by molar-refractivity contribution is -0.132. The van der Waals surface area contributed by atoms with Crippen molar-refractivity contribution >= 4 is 45.5 Å². The van der Waals surface area contributed by atoms with Gasteiger partial charge < -0.3 is 14.6 Å². The van der Waals surface area contributed by atoms with E-state index in [0.717, 1.165) is 10.8 Å². The van der Waals surface area contributed by atoms with Gasteiger partial charge in [-0.2, -0.15) is 0 Å². The summed E-state index contributed by atoms with van der Waals surface area (Å²) in [5, 5.41) is 13.9. The molecule has 1 saturated heterocycles. The average Bonchev–Trinajstić information content (AvgIpc) is 3.17. The third kappa shape index (κ3) is 3.85. The summed E-state index contributed by atoms with van der Waals surface area (Å²) in [6, 6.07) is 24.0. The average molecular weight is 500 g/mol. The molecular weight excluding hydrogens is 478 g/mol. The number of carbonyl (C=O) groups excluding carboxylic acids is 2. The van der Waals surface area contributed by atoms with E-state index in [1.54, 1.807) is 42.5 Å². The topological polar surface area (TPSA) is 76.1 Å². The van der Waals surface area contributed by atoms with E-state index in [4.69, 9.17) is 21.1 Å². The molecule has 1 N–H and O–H groups in total. The number of aliphatic hydroxyl groups excluding tert-OH is 1. The molecule has 6 nitrogen and oxygen atoms in total. The molecule has 180 valence electrons. The van der Waals surface area contributed by atoms with Crippen LogP contribution in [0.25, 0.3) is 16.5 Å². The Balaban J connectivity index is 1.82. The third-order valence-electron chi connectivity index (χ3n) is 6.33. The number of methoxy groups -OCH3 is 2. The van der Waals surface area contributed by atoms with Gasteiger partial charge in [0.15, 0.2) is 0 Å². The van der Waals surface area contributed by atoms with Crippen LogP contribution in [0.15, 0.2) is 90.5 Å². The first-order chi connectivity index (χ1) is 17.4. The molecule has 1 heterocycles. The Morgan fingerprint density at radius 3 is 2.33 bits per heavy atom. The summed E-state index contributed by atoms with van der Waals surface area (Å²) in [5.41, 5.74) is 1.39. The SMILES string of the molecule is COc1ccc(OC)c(/C(O)=C2\C(=O)C(=O)N(c3ccc(Cl)cc3)C2c2cccc3ccccc23)c1. The molecule has 1 atom stereocenters. The van der Waals surface area contributed by atoms with Crippen molar-refractivity contribution in [3.05, 3.63) is 107 Å². The molecule has 1 fully saturated rings. The van der Waals surface area contributed by atoms with Crippen molar-refractivity contribution in [2.24, 2.45) is 0 Å². The predicted molar refractivity (Wildman–Crippen MR) is 140 cm³/mol. The highest BCUT2D eigenvalue weighted by Crippen LogP contribution is 2.45. The van der Waals surface area contributed by atoms with Gasteiger partial charge in [-0.3, -0.25) is 14.5 Å². The molecule has 0 aromatic heterocycles. The van der Waals surface area contributed by atoms with Gasteiger partial charge >= 0.3 is 0 Å². The number of ether oxygens (including phenoxy) is 2. The summed E-state index contributed by atoms with van der Waals surface area (Å²) in [6.07, 6.45) is 0. The molecule has 0 saturated carbocycles. The molecule has 0 bridgehead atoms. The number of Topliss-reactive ketones (excluding diaryl/α,β-unsaturated/α-hetero) is 1. The maximum absolute atomic E-state index is 13.5. The summed E-state index contributed by atoms with van der Waals surface area (Å²) < 4.78 is 10.8.